The van der Waals surface area contributed by atoms with E-state index in [1.54, 1.807) is 12.1 Å². The van der Waals surface area contributed by atoms with E-state index in [0.29, 0.717) is 15.6 Å². The van der Waals surface area contributed by atoms with Crippen LogP contribution in [0.15, 0.2) is 42.5 Å². The maximum absolute atomic E-state index is 13.8. The standard InChI is InChI=1S/C29H36ClN5O6S/c1-3-17(2)25-29(41)35-15-19(36)14-21(35)27(39)32-20(13-18-7-5-4-6-8-18)26(38)31-11-12-34(16-24(37)33-25)28(40)22-9-10-23(30)42-22/h4-10,17,19-21,25,36H,3,11-16H2,1-2H3,(H,31,38)(H,32,39)(H,33,37)/t17-,19+,20-,21-,25-/m0/s1. The van der Waals surface area contributed by atoms with Crippen molar-refractivity contribution in [2.24, 2.45) is 5.92 Å². The van der Waals surface area contributed by atoms with Gasteiger partial charge >= 0.3 is 0 Å². The smallest absolute Gasteiger partial charge is 0.264 e. The van der Waals surface area contributed by atoms with Crippen molar-refractivity contribution in [3.63, 3.8) is 0 Å². The zero-order chi connectivity index (χ0) is 30.4. The molecule has 2 aliphatic heterocycles. The molecule has 11 nitrogen and oxygen atoms in total. The molecule has 226 valence electrons. The summed E-state index contributed by atoms with van der Waals surface area (Å²) in [6.07, 6.45) is -0.195. The molecule has 5 amide bonds. The number of thiophene rings is 1. The molecule has 0 spiro atoms. The number of hydrogen-bond acceptors (Lipinski definition) is 7. The van der Waals surface area contributed by atoms with Crippen LogP contribution < -0.4 is 16.0 Å². The highest BCUT2D eigenvalue weighted by molar-refractivity contribution is 7.18. The number of carbonyl (C=O) groups is 5. The lowest BCUT2D eigenvalue weighted by Crippen LogP contribution is -2.58. The summed E-state index contributed by atoms with van der Waals surface area (Å²) >= 11 is 7.11. The second kappa shape index (κ2) is 14.1. The summed E-state index contributed by atoms with van der Waals surface area (Å²) in [5, 5.41) is 18.8. The van der Waals surface area contributed by atoms with Crippen molar-refractivity contribution in [2.75, 3.05) is 26.2 Å². The largest absolute Gasteiger partial charge is 0.391 e. The fourth-order valence-corrected chi connectivity index (χ4v) is 6.17. The van der Waals surface area contributed by atoms with Gasteiger partial charge in [0, 0.05) is 32.5 Å². The third-order valence-corrected chi connectivity index (χ3v) is 8.88. The number of halogens is 1. The number of nitrogens with zero attached hydrogens (tertiary/aromatic N) is 2. The third kappa shape index (κ3) is 7.67. The van der Waals surface area contributed by atoms with Crippen molar-refractivity contribution in [1.82, 2.24) is 25.8 Å². The molecule has 0 aliphatic carbocycles. The van der Waals surface area contributed by atoms with Crippen LogP contribution in [0.3, 0.4) is 0 Å². The molecule has 2 saturated heterocycles. The van der Waals surface area contributed by atoms with Crippen LogP contribution in [0.2, 0.25) is 4.34 Å². The normalized spacial score (nSPS) is 25.0. The van der Waals surface area contributed by atoms with Crippen molar-refractivity contribution < 1.29 is 29.1 Å². The topological polar surface area (TPSA) is 148 Å². The molecule has 4 rings (SSSR count). The minimum Gasteiger partial charge on any atom is -0.391 e. The first kappa shape index (κ1) is 31.5. The molecule has 1 aromatic heterocycles. The molecule has 4 N–H and O–H groups in total. The summed E-state index contributed by atoms with van der Waals surface area (Å²) in [5.41, 5.74) is 0.813. The van der Waals surface area contributed by atoms with Gasteiger partial charge in [-0.05, 0) is 23.6 Å². The van der Waals surface area contributed by atoms with Gasteiger partial charge in [0.15, 0.2) is 0 Å². The van der Waals surface area contributed by atoms with Gasteiger partial charge in [-0.3, -0.25) is 24.0 Å². The number of nitrogens with one attached hydrogen (secondary N) is 3. The van der Waals surface area contributed by atoms with Gasteiger partial charge in [0.25, 0.3) is 5.91 Å². The first-order chi connectivity index (χ1) is 20.1. The lowest BCUT2D eigenvalue weighted by molar-refractivity contribution is -0.143. The maximum atomic E-state index is 13.8. The van der Waals surface area contributed by atoms with E-state index in [2.05, 4.69) is 16.0 Å². The first-order valence-electron chi connectivity index (χ1n) is 14.0. The molecule has 0 unspecified atom stereocenters. The number of carbonyl (C=O) groups excluding carboxylic acids is 5. The molecule has 13 heteroatoms. The van der Waals surface area contributed by atoms with Crippen LogP contribution in [0, 0.1) is 5.92 Å². The number of aliphatic hydroxyl groups is 1. The zero-order valence-electron chi connectivity index (χ0n) is 23.5. The van der Waals surface area contributed by atoms with Crippen molar-refractivity contribution in [2.45, 2.75) is 57.3 Å². The second-order valence-electron chi connectivity index (χ2n) is 10.7. The van der Waals surface area contributed by atoms with Crippen LogP contribution >= 0.6 is 22.9 Å². The van der Waals surface area contributed by atoms with Crippen LogP contribution in [0.1, 0.15) is 41.9 Å². The highest BCUT2D eigenvalue weighted by Gasteiger charge is 2.43. The highest BCUT2D eigenvalue weighted by atomic mass is 35.5. The van der Waals surface area contributed by atoms with Crippen LogP contribution in [0.5, 0.6) is 0 Å². The molecular formula is C29H36ClN5O6S. The fourth-order valence-electron chi connectivity index (χ4n) is 5.16. The molecule has 0 saturated carbocycles. The Morgan fingerprint density at radius 3 is 2.50 bits per heavy atom. The van der Waals surface area contributed by atoms with E-state index < -0.39 is 53.8 Å². The van der Waals surface area contributed by atoms with E-state index in [0.717, 1.165) is 16.9 Å². The molecule has 2 fully saturated rings. The minimum absolute atomic E-state index is 0.00238. The molecule has 0 bridgehead atoms. The van der Waals surface area contributed by atoms with Crippen LogP contribution in [-0.4, -0.2) is 94.9 Å². The monoisotopic (exact) mass is 617 g/mol. The van der Waals surface area contributed by atoms with Crippen LogP contribution in [0.25, 0.3) is 0 Å². The van der Waals surface area contributed by atoms with E-state index in [4.69, 9.17) is 11.6 Å². The van der Waals surface area contributed by atoms with Gasteiger partial charge in [0.1, 0.15) is 18.1 Å². The highest BCUT2D eigenvalue weighted by Crippen LogP contribution is 2.24. The van der Waals surface area contributed by atoms with Gasteiger partial charge in [-0.1, -0.05) is 62.2 Å². The average Bonchev–Trinajstić information content (AvgIpc) is 3.59. The van der Waals surface area contributed by atoms with E-state index in [-0.39, 0.29) is 44.9 Å². The van der Waals surface area contributed by atoms with E-state index in [1.807, 2.05) is 44.2 Å². The maximum Gasteiger partial charge on any atom is 0.264 e. The average molecular weight is 618 g/mol. The van der Waals surface area contributed by atoms with Crippen LogP contribution in [-0.2, 0) is 25.6 Å². The Bertz CT molecular complexity index is 1310. The van der Waals surface area contributed by atoms with Gasteiger partial charge in [0.05, 0.1) is 21.9 Å². The number of rotatable bonds is 5. The molecule has 2 aromatic rings. The summed E-state index contributed by atoms with van der Waals surface area (Å²) in [4.78, 5) is 70.2. The Morgan fingerprint density at radius 2 is 1.83 bits per heavy atom. The zero-order valence-corrected chi connectivity index (χ0v) is 25.1. The Labute approximate surface area is 253 Å². The SMILES string of the molecule is CC[C@H](C)[C@@H]1NC(=O)CN(C(=O)c2ccc(Cl)s2)CCNC(=O)[C@H](Cc2ccccc2)NC(=O)[C@@H]2C[C@@H](O)CN2C1=O. The summed E-state index contributed by atoms with van der Waals surface area (Å²) in [6, 6.07) is 9.34. The van der Waals surface area contributed by atoms with Gasteiger partial charge < -0.3 is 30.9 Å². The predicted octanol–water partition coefficient (Wildman–Crippen LogP) is 1.19. The quantitative estimate of drug-likeness (QED) is 0.396. The summed E-state index contributed by atoms with van der Waals surface area (Å²) in [6.45, 7) is 3.26. The lowest BCUT2D eigenvalue weighted by Gasteiger charge is -2.32. The van der Waals surface area contributed by atoms with Gasteiger partial charge in [-0.15, -0.1) is 11.3 Å². The van der Waals surface area contributed by atoms with Crippen molar-refractivity contribution in [3.05, 3.63) is 57.2 Å². The summed E-state index contributed by atoms with van der Waals surface area (Å²) < 4.78 is 0.415. The Hall–Kier alpha value is -3.48. The Balaban J connectivity index is 1.67. The number of hydrogen-bond donors (Lipinski definition) is 4. The Kier molecular flexibility index (Phi) is 10.6. The third-order valence-electron chi connectivity index (χ3n) is 7.66. The molecule has 3 heterocycles. The van der Waals surface area contributed by atoms with E-state index >= 15 is 0 Å². The molecule has 1 aromatic carbocycles. The van der Waals surface area contributed by atoms with Crippen molar-refractivity contribution >= 4 is 52.5 Å². The molecule has 2 aliphatic rings. The van der Waals surface area contributed by atoms with E-state index in [9.17, 15) is 29.1 Å². The van der Waals surface area contributed by atoms with Gasteiger partial charge in [0.2, 0.25) is 23.6 Å². The first-order valence-corrected chi connectivity index (χ1v) is 15.2. The van der Waals surface area contributed by atoms with Gasteiger partial charge in [-0.2, -0.15) is 0 Å². The Morgan fingerprint density at radius 1 is 1.10 bits per heavy atom. The number of amides is 5. The number of fused-ring (bicyclic) bond motifs is 1. The second-order valence-corrected chi connectivity index (χ2v) is 12.4. The van der Waals surface area contributed by atoms with Crippen molar-refractivity contribution in [1.29, 1.82) is 0 Å². The van der Waals surface area contributed by atoms with Crippen molar-refractivity contribution in [3.8, 4) is 0 Å². The van der Waals surface area contributed by atoms with Crippen LogP contribution in [0.4, 0.5) is 0 Å². The number of aliphatic hydroxyl groups excluding tert-OH is 1. The van der Waals surface area contributed by atoms with Gasteiger partial charge in [-0.25, -0.2) is 0 Å². The molecule has 5 atom stereocenters. The molecular weight excluding hydrogens is 582 g/mol. The van der Waals surface area contributed by atoms with E-state index in [1.165, 1.54) is 9.80 Å². The fraction of sp³-hybridized carbons (Fsp3) is 0.483. The summed E-state index contributed by atoms with van der Waals surface area (Å²) in [7, 11) is 0. The minimum atomic E-state index is -1.02. The molecule has 42 heavy (non-hydrogen) atoms. The lowest BCUT2D eigenvalue weighted by atomic mass is 9.97. The predicted molar refractivity (Wildman–Crippen MR) is 158 cm³/mol. The molecule has 0 radical (unpaired) electrons. The summed E-state index contributed by atoms with van der Waals surface area (Å²) in [5.74, 6) is -2.85. The number of benzene rings is 1.